The van der Waals surface area contributed by atoms with Crippen molar-refractivity contribution in [1.82, 2.24) is 19.4 Å². The fourth-order valence-electron chi connectivity index (χ4n) is 4.79. The molecule has 0 saturated carbocycles. The van der Waals surface area contributed by atoms with Crippen LogP contribution in [0.2, 0.25) is 0 Å². The average molecular weight is 505 g/mol. The summed E-state index contributed by atoms with van der Waals surface area (Å²) >= 11 is 0. The SMILES string of the molecule is Cc1cc(-c2ncccc2-c2ccc3cnc(C(=O)OCCCc4c[nH]c5ccccc45)n3c2)ccc1F. The van der Waals surface area contributed by atoms with Gasteiger partial charge in [-0.1, -0.05) is 30.3 Å². The minimum Gasteiger partial charge on any atom is -0.460 e. The second-order valence-electron chi connectivity index (χ2n) is 9.26. The second kappa shape index (κ2) is 9.94. The van der Waals surface area contributed by atoms with Crippen LogP contribution in [0, 0.1) is 12.7 Å². The fourth-order valence-corrected chi connectivity index (χ4v) is 4.79. The van der Waals surface area contributed by atoms with E-state index in [1.807, 2.05) is 54.9 Å². The number of rotatable bonds is 7. The van der Waals surface area contributed by atoms with Gasteiger partial charge in [0.15, 0.2) is 0 Å². The number of hydrogen-bond donors (Lipinski definition) is 1. The average Bonchev–Trinajstić information content (AvgIpc) is 3.56. The van der Waals surface area contributed by atoms with Crippen LogP contribution < -0.4 is 0 Å². The van der Waals surface area contributed by atoms with Gasteiger partial charge in [-0.15, -0.1) is 0 Å². The molecule has 6 aromatic rings. The smallest absolute Gasteiger partial charge is 0.374 e. The number of esters is 1. The number of carbonyl (C=O) groups excluding carboxylic acids is 1. The quantitative estimate of drug-likeness (QED) is 0.192. The van der Waals surface area contributed by atoms with Crippen LogP contribution in [0.15, 0.2) is 91.5 Å². The molecule has 0 spiro atoms. The molecule has 6 rings (SSSR count). The molecule has 0 saturated heterocycles. The maximum atomic E-state index is 13.9. The summed E-state index contributed by atoms with van der Waals surface area (Å²) in [4.78, 5) is 25.1. The van der Waals surface area contributed by atoms with Gasteiger partial charge in [0.25, 0.3) is 0 Å². The molecular formula is C31H25FN4O2. The number of halogens is 1. The molecule has 0 amide bonds. The van der Waals surface area contributed by atoms with Gasteiger partial charge in [-0.2, -0.15) is 0 Å². The summed E-state index contributed by atoms with van der Waals surface area (Å²) < 4.78 is 21.2. The Morgan fingerprint density at radius 2 is 1.89 bits per heavy atom. The highest BCUT2D eigenvalue weighted by Crippen LogP contribution is 2.31. The molecule has 0 atom stereocenters. The van der Waals surface area contributed by atoms with Crippen LogP contribution in [0.1, 0.15) is 28.2 Å². The Labute approximate surface area is 218 Å². The van der Waals surface area contributed by atoms with Crippen molar-refractivity contribution in [2.24, 2.45) is 0 Å². The molecule has 6 nitrogen and oxygen atoms in total. The first-order valence-electron chi connectivity index (χ1n) is 12.5. The van der Waals surface area contributed by atoms with E-state index < -0.39 is 5.97 Å². The first-order chi connectivity index (χ1) is 18.6. The number of nitrogens with zero attached hydrogens (tertiary/aromatic N) is 3. The van der Waals surface area contributed by atoms with Crippen molar-refractivity contribution in [3.05, 3.63) is 114 Å². The summed E-state index contributed by atoms with van der Waals surface area (Å²) in [5, 5.41) is 1.19. The van der Waals surface area contributed by atoms with E-state index in [0.29, 0.717) is 18.6 Å². The first kappa shape index (κ1) is 23.6. The maximum absolute atomic E-state index is 13.9. The number of benzene rings is 2. The number of ether oxygens (including phenoxy) is 1. The topological polar surface area (TPSA) is 72.3 Å². The van der Waals surface area contributed by atoms with Crippen molar-refractivity contribution >= 4 is 22.4 Å². The number of hydrogen-bond acceptors (Lipinski definition) is 4. The van der Waals surface area contributed by atoms with Crippen molar-refractivity contribution in [1.29, 1.82) is 0 Å². The molecule has 0 aliphatic rings. The van der Waals surface area contributed by atoms with Crippen molar-refractivity contribution < 1.29 is 13.9 Å². The zero-order chi connectivity index (χ0) is 26.1. The number of pyridine rings is 2. The van der Waals surface area contributed by atoms with Crippen LogP contribution in [0.4, 0.5) is 4.39 Å². The van der Waals surface area contributed by atoms with Gasteiger partial charge in [-0.25, -0.2) is 14.2 Å². The molecule has 1 N–H and O–H groups in total. The van der Waals surface area contributed by atoms with Gasteiger partial charge < -0.3 is 9.72 Å². The van der Waals surface area contributed by atoms with Crippen molar-refractivity contribution in [3.8, 4) is 22.4 Å². The van der Waals surface area contributed by atoms with Crippen LogP contribution in [-0.4, -0.2) is 31.9 Å². The zero-order valence-corrected chi connectivity index (χ0v) is 20.8. The summed E-state index contributed by atoms with van der Waals surface area (Å²) in [6.45, 7) is 2.03. The van der Waals surface area contributed by atoms with E-state index in [-0.39, 0.29) is 11.6 Å². The number of fused-ring (bicyclic) bond motifs is 2. The van der Waals surface area contributed by atoms with Gasteiger partial charge in [0.05, 0.1) is 24.0 Å². The van der Waals surface area contributed by atoms with Gasteiger partial charge in [0.2, 0.25) is 5.82 Å². The molecule has 4 aromatic heterocycles. The predicted molar refractivity (Wildman–Crippen MR) is 145 cm³/mol. The van der Waals surface area contributed by atoms with Crippen molar-refractivity contribution in [2.45, 2.75) is 19.8 Å². The third-order valence-electron chi connectivity index (χ3n) is 6.76. The summed E-state index contributed by atoms with van der Waals surface area (Å²) in [6.07, 6.45) is 8.75. The minimum atomic E-state index is -0.471. The third kappa shape index (κ3) is 4.43. The van der Waals surface area contributed by atoms with E-state index >= 15 is 0 Å². The molecular weight excluding hydrogens is 479 g/mol. The molecule has 0 unspecified atom stereocenters. The number of imidazole rings is 1. The number of aryl methyl sites for hydroxylation is 2. The standard InChI is InChI=1S/C31H25FN4O2/c1-20-16-21(11-13-27(20)32)29-26(8-4-14-33-29)23-10-12-24-18-35-30(36(24)19-23)31(37)38-15-5-6-22-17-34-28-9-3-2-7-25(22)28/h2-4,7-14,16-19,34H,5-6,15H2,1H3. The molecule has 7 heteroatoms. The van der Waals surface area contributed by atoms with Crippen LogP contribution in [0.5, 0.6) is 0 Å². The van der Waals surface area contributed by atoms with Gasteiger partial charge in [-0.05, 0) is 67.3 Å². The third-order valence-corrected chi connectivity index (χ3v) is 6.76. The Hall–Kier alpha value is -4.78. The van der Waals surface area contributed by atoms with Gasteiger partial charge in [0.1, 0.15) is 5.82 Å². The largest absolute Gasteiger partial charge is 0.460 e. The highest BCUT2D eigenvalue weighted by Gasteiger charge is 2.17. The summed E-state index contributed by atoms with van der Waals surface area (Å²) in [7, 11) is 0. The van der Waals surface area contributed by atoms with Crippen molar-refractivity contribution in [3.63, 3.8) is 0 Å². The minimum absolute atomic E-state index is 0.219. The molecule has 4 heterocycles. The zero-order valence-electron chi connectivity index (χ0n) is 20.8. The molecule has 0 bridgehead atoms. The van der Waals surface area contributed by atoms with Gasteiger partial charge in [0, 0.05) is 46.2 Å². The normalized spacial score (nSPS) is 11.3. The Kier molecular flexibility index (Phi) is 6.17. The number of carbonyl (C=O) groups is 1. The summed E-state index contributed by atoms with van der Waals surface area (Å²) in [6, 6.07) is 20.8. The predicted octanol–water partition coefficient (Wildman–Crippen LogP) is 6.78. The molecule has 38 heavy (non-hydrogen) atoms. The first-order valence-corrected chi connectivity index (χ1v) is 12.5. The number of aromatic nitrogens is 4. The van der Waals surface area contributed by atoms with Crippen LogP contribution >= 0.6 is 0 Å². The van der Waals surface area contributed by atoms with E-state index in [1.54, 1.807) is 35.9 Å². The maximum Gasteiger partial charge on any atom is 0.374 e. The highest BCUT2D eigenvalue weighted by molar-refractivity contribution is 5.88. The Bertz CT molecular complexity index is 1790. The number of aromatic amines is 1. The molecule has 0 aliphatic carbocycles. The Morgan fingerprint density at radius 1 is 1.03 bits per heavy atom. The van der Waals surface area contributed by atoms with E-state index in [4.69, 9.17) is 4.74 Å². The van der Waals surface area contributed by atoms with Crippen LogP contribution in [-0.2, 0) is 11.2 Å². The molecule has 188 valence electrons. The molecule has 0 radical (unpaired) electrons. The Morgan fingerprint density at radius 3 is 2.79 bits per heavy atom. The lowest BCUT2D eigenvalue weighted by molar-refractivity contribution is 0.0485. The van der Waals surface area contributed by atoms with Crippen LogP contribution in [0.25, 0.3) is 38.8 Å². The van der Waals surface area contributed by atoms with Gasteiger partial charge >= 0.3 is 5.97 Å². The monoisotopic (exact) mass is 504 g/mol. The molecule has 2 aromatic carbocycles. The van der Waals surface area contributed by atoms with E-state index in [1.165, 1.54) is 17.0 Å². The van der Waals surface area contributed by atoms with Gasteiger partial charge in [-0.3, -0.25) is 9.38 Å². The lowest BCUT2D eigenvalue weighted by Crippen LogP contribution is -2.11. The highest BCUT2D eigenvalue weighted by atomic mass is 19.1. The summed E-state index contributed by atoms with van der Waals surface area (Å²) in [5.74, 6) is -0.505. The number of nitrogens with one attached hydrogen (secondary N) is 1. The number of H-pyrrole nitrogens is 1. The van der Waals surface area contributed by atoms with E-state index in [9.17, 15) is 9.18 Å². The summed E-state index contributed by atoms with van der Waals surface area (Å²) in [5.41, 5.74) is 6.92. The second-order valence-corrected chi connectivity index (χ2v) is 9.26. The molecule has 0 aliphatic heterocycles. The van der Waals surface area contributed by atoms with E-state index in [2.05, 4.69) is 21.0 Å². The Balaban J connectivity index is 1.21. The lowest BCUT2D eigenvalue weighted by Gasteiger charge is -2.11. The number of para-hydroxylation sites is 1. The van der Waals surface area contributed by atoms with Crippen LogP contribution in [0.3, 0.4) is 0 Å². The lowest BCUT2D eigenvalue weighted by atomic mass is 9.99. The molecule has 0 fully saturated rings. The van der Waals surface area contributed by atoms with E-state index in [0.717, 1.165) is 39.8 Å². The fraction of sp³-hybridized carbons (Fsp3) is 0.129. The van der Waals surface area contributed by atoms with Crippen molar-refractivity contribution in [2.75, 3.05) is 6.61 Å².